The number of rotatable bonds is 7. The summed E-state index contributed by atoms with van der Waals surface area (Å²) in [5.74, 6) is -1.14. The lowest BCUT2D eigenvalue weighted by Gasteiger charge is -2.23. The van der Waals surface area contributed by atoms with Crippen LogP contribution in [0.3, 0.4) is 0 Å². The molecule has 0 aliphatic carbocycles. The van der Waals surface area contributed by atoms with Gasteiger partial charge in [0.1, 0.15) is 5.82 Å². The minimum atomic E-state index is -4.06. The minimum absolute atomic E-state index is 0.0144. The summed E-state index contributed by atoms with van der Waals surface area (Å²) in [6.07, 6.45) is 0. The molecule has 1 amide bonds. The van der Waals surface area contributed by atoms with Crippen LogP contribution >= 0.6 is 39.1 Å². The van der Waals surface area contributed by atoms with Crippen LogP contribution in [-0.4, -0.2) is 25.2 Å². The van der Waals surface area contributed by atoms with E-state index in [0.717, 1.165) is 4.31 Å². The standard InChI is InChI=1S/C22H18BrCl2FN2O3S/c1-14-2-7-18(26)11-21(14)27-22(29)13-28(12-15-3-6-17(24)10-20(15)25)32(30,31)19-8-4-16(23)5-9-19/h2-11H,12-13H2,1H3,(H,27,29). The fourth-order valence-corrected chi connectivity index (χ4v) is 5.01. The van der Waals surface area contributed by atoms with Crippen molar-refractivity contribution in [3.8, 4) is 0 Å². The molecule has 0 heterocycles. The molecule has 3 aromatic rings. The number of benzene rings is 3. The first kappa shape index (κ1) is 24.7. The van der Waals surface area contributed by atoms with Crippen LogP contribution in [0.15, 0.2) is 70.0 Å². The van der Waals surface area contributed by atoms with Crippen LogP contribution in [0.5, 0.6) is 0 Å². The Hall–Kier alpha value is -1.97. The smallest absolute Gasteiger partial charge is 0.243 e. The molecule has 1 N–H and O–H groups in total. The maximum atomic E-state index is 13.6. The van der Waals surface area contributed by atoms with Crippen molar-refractivity contribution in [3.05, 3.63) is 92.1 Å². The zero-order valence-corrected chi connectivity index (χ0v) is 20.7. The Labute approximate surface area is 204 Å². The lowest BCUT2D eigenvalue weighted by molar-refractivity contribution is -0.116. The molecule has 32 heavy (non-hydrogen) atoms. The molecule has 0 saturated heterocycles. The third-order valence-electron chi connectivity index (χ3n) is 4.61. The van der Waals surface area contributed by atoms with E-state index in [1.165, 1.54) is 36.4 Å². The second-order valence-electron chi connectivity index (χ2n) is 6.97. The highest BCUT2D eigenvalue weighted by atomic mass is 79.9. The van der Waals surface area contributed by atoms with Gasteiger partial charge in [0.15, 0.2) is 0 Å². The topological polar surface area (TPSA) is 66.5 Å². The summed E-state index contributed by atoms with van der Waals surface area (Å²) in [7, 11) is -4.06. The van der Waals surface area contributed by atoms with E-state index in [4.69, 9.17) is 23.2 Å². The van der Waals surface area contributed by atoms with E-state index in [1.807, 2.05) is 0 Å². The summed E-state index contributed by atoms with van der Waals surface area (Å²) in [6.45, 7) is 1.04. The van der Waals surface area contributed by atoms with Crippen molar-refractivity contribution in [1.29, 1.82) is 0 Å². The number of nitrogens with zero attached hydrogens (tertiary/aromatic N) is 1. The maximum Gasteiger partial charge on any atom is 0.243 e. The Bertz CT molecular complexity index is 1250. The lowest BCUT2D eigenvalue weighted by Crippen LogP contribution is -2.37. The number of halogens is 4. The quantitative estimate of drug-likeness (QED) is 0.384. The fourth-order valence-electron chi connectivity index (χ4n) is 2.90. The van der Waals surface area contributed by atoms with Gasteiger partial charge in [-0.15, -0.1) is 0 Å². The Morgan fingerprint density at radius 1 is 1.06 bits per heavy atom. The number of carbonyl (C=O) groups excluding carboxylic acids is 1. The Morgan fingerprint density at radius 2 is 1.75 bits per heavy atom. The van der Waals surface area contributed by atoms with E-state index in [1.54, 1.807) is 31.2 Å². The largest absolute Gasteiger partial charge is 0.325 e. The zero-order valence-electron chi connectivity index (χ0n) is 16.8. The van der Waals surface area contributed by atoms with Crippen molar-refractivity contribution < 1.29 is 17.6 Å². The molecule has 0 bridgehead atoms. The SMILES string of the molecule is Cc1ccc(F)cc1NC(=O)CN(Cc1ccc(Cl)cc1Cl)S(=O)(=O)c1ccc(Br)cc1. The van der Waals surface area contributed by atoms with Crippen molar-refractivity contribution in [2.45, 2.75) is 18.4 Å². The first-order valence-electron chi connectivity index (χ1n) is 9.32. The van der Waals surface area contributed by atoms with Gasteiger partial charge in [0.05, 0.1) is 11.4 Å². The fraction of sp³-hybridized carbons (Fsp3) is 0.136. The first-order chi connectivity index (χ1) is 15.1. The van der Waals surface area contributed by atoms with Gasteiger partial charge in [0.2, 0.25) is 15.9 Å². The normalized spacial score (nSPS) is 11.6. The summed E-state index contributed by atoms with van der Waals surface area (Å²) >= 11 is 15.5. The number of nitrogens with one attached hydrogen (secondary N) is 1. The summed E-state index contributed by atoms with van der Waals surface area (Å²) in [5.41, 5.74) is 1.38. The molecule has 0 fully saturated rings. The number of hydrogen-bond acceptors (Lipinski definition) is 3. The number of anilines is 1. The second kappa shape index (κ2) is 10.3. The van der Waals surface area contributed by atoms with Crippen LogP contribution in [0, 0.1) is 12.7 Å². The molecular formula is C22H18BrCl2FN2O3S. The summed E-state index contributed by atoms with van der Waals surface area (Å²) in [4.78, 5) is 12.8. The molecule has 0 aromatic heterocycles. The van der Waals surface area contributed by atoms with Crippen LogP contribution in [-0.2, 0) is 21.4 Å². The molecule has 3 rings (SSSR count). The summed E-state index contributed by atoms with van der Waals surface area (Å²) in [6, 6.07) is 14.7. The van der Waals surface area contributed by atoms with E-state index >= 15 is 0 Å². The maximum absolute atomic E-state index is 13.6. The van der Waals surface area contributed by atoms with Gasteiger partial charge in [-0.1, -0.05) is 51.3 Å². The van der Waals surface area contributed by atoms with Crippen molar-refractivity contribution in [2.75, 3.05) is 11.9 Å². The van der Waals surface area contributed by atoms with E-state index < -0.39 is 28.3 Å². The molecule has 3 aromatic carbocycles. The minimum Gasteiger partial charge on any atom is -0.325 e. The second-order valence-corrected chi connectivity index (χ2v) is 10.7. The monoisotopic (exact) mass is 558 g/mol. The van der Waals surface area contributed by atoms with E-state index in [2.05, 4.69) is 21.2 Å². The third kappa shape index (κ3) is 6.08. The van der Waals surface area contributed by atoms with E-state index in [9.17, 15) is 17.6 Å². The van der Waals surface area contributed by atoms with Gasteiger partial charge in [-0.05, 0) is 66.6 Å². The van der Waals surface area contributed by atoms with Gasteiger partial charge in [-0.2, -0.15) is 4.31 Å². The molecule has 0 aliphatic heterocycles. The highest BCUT2D eigenvalue weighted by molar-refractivity contribution is 9.10. The molecular weight excluding hydrogens is 542 g/mol. The van der Waals surface area contributed by atoms with Gasteiger partial charge in [-0.3, -0.25) is 4.79 Å². The number of aryl methyl sites for hydroxylation is 1. The average Bonchev–Trinajstić information content (AvgIpc) is 2.72. The van der Waals surface area contributed by atoms with Crippen LogP contribution in [0.25, 0.3) is 0 Å². The summed E-state index contributed by atoms with van der Waals surface area (Å²) < 4.78 is 42.0. The molecule has 10 heteroatoms. The zero-order chi connectivity index (χ0) is 23.5. The van der Waals surface area contributed by atoms with Gasteiger partial charge >= 0.3 is 0 Å². The van der Waals surface area contributed by atoms with Crippen molar-refractivity contribution in [3.63, 3.8) is 0 Å². The molecule has 0 saturated carbocycles. The highest BCUT2D eigenvalue weighted by Crippen LogP contribution is 2.26. The van der Waals surface area contributed by atoms with Crippen molar-refractivity contribution >= 4 is 60.7 Å². The molecule has 5 nitrogen and oxygen atoms in total. The van der Waals surface area contributed by atoms with E-state index in [-0.39, 0.29) is 22.2 Å². The van der Waals surface area contributed by atoms with Gasteiger partial charge in [0, 0.05) is 26.8 Å². The van der Waals surface area contributed by atoms with Gasteiger partial charge in [-0.25, -0.2) is 12.8 Å². The first-order valence-corrected chi connectivity index (χ1v) is 12.3. The summed E-state index contributed by atoms with van der Waals surface area (Å²) in [5, 5.41) is 3.25. The van der Waals surface area contributed by atoms with Crippen LogP contribution in [0.4, 0.5) is 10.1 Å². The number of hydrogen-bond donors (Lipinski definition) is 1. The average molecular weight is 560 g/mol. The van der Waals surface area contributed by atoms with Crippen LogP contribution in [0.1, 0.15) is 11.1 Å². The number of amides is 1. The third-order valence-corrected chi connectivity index (χ3v) is 7.53. The van der Waals surface area contributed by atoms with Crippen molar-refractivity contribution in [1.82, 2.24) is 4.31 Å². The predicted octanol–water partition coefficient (Wildman–Crippen LogP) is 6.03. The molecule has 0 spiro atoms. The highest BCUT2D eigenvalue weighted by Gasteiger charge is 2.28. The van der Waals surface area contributed by atoms with E-state index in [0.29, 0.717) is 20.6 Å². The Balaban J connectivity index is 1.93. The van der Waals surface area contributed by atoms with Crippen LogP contribution < -0.4 is 5.32 Å². The molecule has 0 aliphatic rings. The Kier molecular flexibility index (Phi) is 7.95. The van der Waals surface area contributed by atoms with Crippen molar-refractivity contribution in [2.24, 2.45) is 0 Å². The Morgan fingerprint density at radius 3 is 2.41 bits per heavy atom. The number of carbonyl (C=O) groups is 1. The predicted molar refractivity (Wildman–Crippen MR) is 128 cm³/mol. The lowest BCUT2D eigenvalue weighted by atomic mass is 10.2. The molecule has 0 radical (unpaired) electrons. The number of sulfonamides is 1. The molecule has 168 valence electrons. The van der Waals surface area contributed by atoms with Crippen LogP contribution in [0.2, 0.25) is 10.0 Å². The van der Waals surface area contributed by atoms with Gasteiger partial charge in [0.25, 0.3) is 0 Å². The van der Waals surface area contributed by atoms with Gasteiger partial charge < -0.3 is 5.32 Å². The molecule has 0 atom stereocenters. The molecule has 0 unspecified atom stereocenters.